The predicted octanol–water partition coefficient (Wildman–Crippen LogP) is 4.85. The molecule has 0 bridgehead atoms. The average molecular weight is 444 g/mol. The zero-order valence-electron chi connectivity index (χ0n) is 17.7. The lowest BCUT2D eigenvalue weighted by Gasteiger charge is -2.19. The molecule has 0 atom stereocenters. The summed E-state index contributed by atoms with van der Waals surface area (Å²) in [6.07, 6.45) is 2.62. The number of hydrogen-bond donors (Lipinski definition) is 3. The van der Waals surface area contributed by atoms with Crippen LogP contribution in [0.15, 0.2) is 54.6 Å². The molecule has 0 aliphatic carbocycles. The van der Waals surface area contributed by atoms with Crippen molar-refractivity contribution in [3.8, 4) is 0 Å². The van der Waals surface area contributed by atoms with Crippen LogP contribution in [0.2, 0.25) is 5.02 Å². The van der Waals surface area contributed by atoms with E-state index in [1.165, 1.54) is 6.08 Å². The van der Waals surface area contributed by atoms with Gasteiger partial charge in [-0.05, 0) is 68.8 Å². The Kier molecular flexibility index (Phi) is 8.63. The van der Waals surface area contributed by atoms with Crippen LogP contribution in [0.1, 0.15) is 32.8 Å². The van der Waals surface area contributed by atoms with Crippen LogP contribution in [0, 0.1) is 0 Å². The first-order valence-corrected chi connectivity index (χ1v) is 10.1. The number of rotatable bonds is 7. The highest BCUT2D eigenvalue weighted by molar-refractivity contribution is 6.30. The lowest BCUT2D eigenvalue weighted by Crippen LogP contribution is -2.34. The quantitative estimate of drug-likeness (QED) is 0.533. The second kappa shape index (κ2) is 11.2. The lowest BCUT2D eigenvalue weighted by atomic mass is 10.2. The van der Waals surface area contributed by atoms with Crippen LogP contribution < -0.4 is 16.0 Å². The molecule has 31 heavy (non-hydrogen) atoms. The molecule has 0 fully saturated rings. The Morgan fingerprint density at radius 1 is 1.00 bits per heavy atom. The van der Waals surface area contributed by atoms with Crippen molar-refractivity contribution in [2.45, 2.75) is 32.8 Å². The third-order valence-corrected chi connectivity index (χ3v) is 3.97. The van der Waals surface area contributed by atoms with Crippen molar-refractivity contribution in [2.24, 2.45) is 0 Å². The van der Waals surface area contributed by atoms with Crippen molar-refractivity contribution in [3.63, 3.8) is 0 Å². The van der Waals surface area contributed by atoms with Gasteiger partial charge in [0, 0.05) is 35.4 Å². The summed E-state index contributed by atoms with van der Waals surface area (Å²) >= 11 is 5.92. The molecule has 0 aliphatic heterocycles. The van der Waals surface area contributed by atoms with E-state index in [0.717, 1.165) is 5.56 Å². The molecule has 0 spiro atoms. The molecule has 8 heteroatoms. The van der Waals surface area contributed by atoms with Crippen molar-refractivity contribution < 1.29 is 19.1 Å². The molecule has 2 rings (SSSR count). The number of halogens is 1. The molecule has 3 N–H and O–H groups in total. The maximum Gasteiger partial charge on any atom is 0.407 e. The molecule has 0 unspecified atom stereocenters. The van der Waals surface area contributed by atoms with Crippen LogP contribution in [0.25, 0.3) is 6.08 Å². The third kappa shape index (κ3) is 9.82. The number of ether oxygens (including phenoxy) is 1. The summed E-state index contributed by atoms with van der Waals surface area (Å²) in [6, 6.07) is 13.9. The van der Waals surface area contributed by atoms with E-state index < -0.39 is 11.7 Å². The smallest absolute Gasteiger partial charge is 0.407 e. The van der Waals surface area contributed by atoms with Crippen molar-refractivity contribution in [1.82, 2.24) is 5.32 Å². The van der Waals surface area contributed by atoms with E-state index in [2.05, 4.69) is 16.0 Å². The van der Waals surface area contributed by atoms with E-state index in [9.17, 15) is 14.4 Å². The number of nitrogens with one attached hydrogen (secondary N) is 3. The fourth-order valence-corrected chi connectivity index (χ4v) is 2.62. The molecule has 0 radical (unpaired) electrons. The Balaban J connectivity index is 1.76. The van der Waals surface area contributed by atoms with Gasteiger partial charge in [0.2, 0.25) is 11.8 Å². The standard InChI is InChI=1S/C23H26ClN3O4/c1-23(2,3)31-22(30)25-14-13-21(29)27-19-10-8-18(9-11-19)26-20(28)12-7-16-5-4-6-17(24)15-16/h4-12,15H,13-14H2,1-3H3,(H,25,30)(H,26,28)(H,27,29)/b12-7+. The molecule has 0 heterocycles. The van der Waals surface area contributed by atoms with Crippen LogP contribution in [0.3, 0.4) is 0 Å². The summed E-state index contributed by atoms with van der Waals surface area (Å²) in [4.78, 5) is 35.6. The van der Waals surface area contributed by atoms with Crippen molar-refractivity contribution in [3.05, 3.63) is 65.2 Å². The van der Waals surface area contributed by atoms with Gasteiger partial charge in [-0.2, -0.15) is 0 Å². The number of carbonyl (C=O) groups is 3. The number of anilines is 2. The van der Waals surface area contributed by atoms with Crippen molar-refractivity contribution in [2.75, 3.05) is 17.2 Å². The Hall–Kier alpha value is -3.32. The number of benzene rings is 2. The number of alkyl carbamates (subject to hydrolysis) is 1. The van der Waals surface area contributed by atoms with Crippen LogP contribution >= 0.6 is 11.6 Å². The van der Waals surface area contributed by atoms with Crippen LogP contribution in [0.5, 0.6) is 0 Å². The van der Waals surface area contributed by atoms with Crippen LogP contribution in [-0.4, -0.2) is 30.1 Å². The number of hydrogen-bond acceptors (Lipinski definition) is 4. The molecule has 0 aliphatic rings. The minimum Gasteiger partial charge on any atom is -0.444 e. The number of amides is 3. The fourth-order valence-electron chi connectivity index (χ4n) is 2.42. The van der Waals surface area contributed by atoms with Gasteiger partial charge >= 0.3 is 6.09 Å². The highest BCUT2D eigenvalue weighted by Gasteiger charge is 2.15. The third-order valence-electron chi connectivity index (χ3n) is 3.73. The van der Waals surface area contributed by atoms with E-state index in [4.69, 9.17) is 16.3 Å². The zero-order chi connectivity index (χ0) is 22.9. The molecular formula is C23H26ClN3O4. The normalized spacial score (nSPS) is 11.1. The van der Waals surface area contributed by atoms with E-state index >= 15 is 0 Å². The Morgan fingerprint density at radius 3 is 2.26 bits per heavy atom. The van der Waals surface area contributed by atoms with Gasteiger partial charge in [0.25, 0.3) is 0 Å². The maximum atomic E-state index is 12.0. The number of carbonyl (C=O) groups excluding carboxylic acids is 3. The first-order valence-electron chi connectivity index (χ1n) is 9.72. The molecule has 7 nitrogen and oxygen atoms in total. The molecular weight excluding hydrogens is 418 g/mol. The summed E-state index contributed by atoms with van der Waals surface area (Å²) in [6.45, 7) is 5.46. The Morgan fingerprint density at radius 2 is 1.65 bits per heavy atom. The SMILES string of the molecule is CC(C)(C)OC(=O)NCCC(=O)Nc1ccc(NC(=O)/C=C/c2cccc(Cl)c2)cc1. The Bertz CT molecular complexity index is 950. The summed E-state index contributed by atoms with van der Waals surface area (Å²) in [5.74, 6) is -0.540. The van der Waals surface area contributed by atoms with E-state index in [1.807, 2.05) is 6.07 Å². The summed E-state index contributed by atoms with van der Waals surface area (Å²) in [5.41, 5.74) is 1.40. The molecule has 0 saturated carbocycles. The minimum absolute atomic E-state index is 0.103. The molecule has 3 amide bonds. The molecule has 164 valence electrons. The predicted molar refractivity (Wildman–Crippen MR) is 123 cm³/mol. The Labute approximate surface area is 186 Å². The van der Waals surface area contributed by atoms with Gasteiger partial charge in [0.1, 0.15) is 5.60 Å². The topological polar surface area (TPSA) is 96.5 Å². The highest BCUT2D eigenvalue weighted by Crippen LogP contribution is 2.15. The molecule has 0 saturated heterocycles. The average Bonchev–Trinajstić information content (AvgIpc) is 2.66. The largest absolute Gasteiger partial charge is 0.444 e. The highest BCUT2D eigenvalue weighted by atomic mass is 35.5. The van der Waals surface area contributed by atoms with Crippen LogP contribution in [0.4, 0.5) is 16.2 Å². The summed E-state index contributed by atoms with van der Waals surface area (Å²) in [5, 5.41) is 8.59. The van der Waals surface area contributed by atoms with Gasteiger partial charge in [-0.25, -0.2) is 4.79 Å². The summed E-state index contributed by atoms with van der Waals surface area (Å²) < 4.78 is 5.10. The lowest BCUT2D eigenvalue weighted by molar-refractivity contribution is -0.116. The van der Waals surface area contributed by atoms with Gasteiger partial charge in [-0.1, -0.05) is 23.7 Å². The van der Waals surface area contributed by atoms with E-state index in [0.29, 0.717) is 16.4 Å². The molecule has 2 aromatic rings. The summed E-state index contributed by atoms with van der Waals surface area (Å²) in [7, 11) is 0. The van der Waals surface area contributed by atoms with Crippen LogP contribution in [-0.2, 0) is 14.3 Å². The van der Waals surface area contributed by atoms with Crippen molar-refractivity contribution in [1.29, 1.82) is 0 Å². The fraction of sp³-hybridized carbons (Fsp3) is 0.261. The monoisotopic (exact) mass is 443 g/mol. The van der Waals surface area contributed by atoms with Crippen molar-refractivity contribution >= 4 is 47.0 Å². The first-order chi connectivity index (χ1) is 14.6. The van der Waals surface area contributed by atoms with Gasteiger partial charge in [0.15, 0.2) is 0 Å². The second-order valence-electron chi connectivity index (χ2n) is 7.68. The maximum absolute atomic E-state index is 12.0. The molecule has 2 aromatic carbocycles. The second-order valence-corrected chi connectivity index (χ2v) is 8.12. The molecule has 0 aromatic heterocycles. The minimum atomic E-state index is -0.589. The van der Waals surface area contributed by atoms with Gasteiger partial charge in [-0.3, -0.25) is 9.59 Å². The van der Waals surface area contributed by atoms with Gasteiger partial charge in [-0.15, -0.1) is 0 Å². The first kappa shape index (κ1) is 24.0. The van der Waals surface area contributed by atoms with E-state index in [1.54, 1.807) is 69.3 Å². The zero-order valence-corrected chi connectivity index (χ0v) is 18.5. The van der Waals surface area contributed by atoms with E-state index in [-0.39, 0.29) is 24.8 Å². The van der Waals surface area contributed by atoms with Gasteiger partial charge in [0.05, 0.1) is 0 Å². The van der Waals surface area contributed by atoms with Gasteiger partial charge < -0.3 is 20.7 Å².